The second kappa shape index (κ2) is 8.91. The van der Waals surface area contributed by atoms with E-state index in [1.807, 2.05) is 49.4 Å². The van der Waals surface area contributed by atoms with Crippen LogP contribution in [0.2, 0.25) is 0 Å². The molecule has 0 fully saturated rings. The summed E-state index contributed by atoms with van der Waals surface area (Å²) in [5.41, 5.74) is 2.86. The average Bonchev–Trinajstić information content (AvgIpc) is 3.16. The summed E-state index contributed by atoms with van der Waals surface area (Å²) in [6.45, 7) is 3.56. The van der Waals surface area contributed by atoms with E-state index in [2.05, 4.69) is 6.07 Å². The number of rotatable bonds is 7. The molecular weight excluding hydrogens is 340 g/mol. The number of anilines is 1. The molecule has 0 bridgehead atoms. The minimum atomic E-state index is -0.161. The molecule has 0 N–H and O–H groups in total. The first-order chi connectivity index (χ1) is 13.2. The molecule has 0 saturated carbocycles. The summed E-state index contributed by atoms with van der Waals surface area (Å²) in [5.74, 6) is 1.51. The van der Waals surface area contributed by atoms with Crippen LogP contribution in [0, 0.1) is 11.3 Å². The van der Waals surface area contributed by atoms with Gasteiger partial charge in [-0.3, -0.25) is 4.79 Å². The van der Waals surface area contributed by atoms with Crippen molar-refractivity contribution in [2.75, 3.05) is 24.7 Å². The van der Waals surface area contributed by atoms with Crippen molar-refractivity contribution in [3.8, 4) is 17.6 Å². The number of carbonyl (C=O) groups is 1. The van der Waals surface area contributed by atoms with Gasteiger partial charge in [0.15, 0.2) is 0 Å². The van der Waals surface area contributed by atoms with Crippen molar-refractivity contribution in [3.63, 3.8) is 0 Å². The van der Waals surface area contributed by atoms with E-state index in [0.717, 1.165) is 34.7 Å². The van der Waals surface area contributed by atoms with E-state index in [4.69, 9.17) is 14.7 Å². The molecule has 1 aliphatic heterocycles. The van der Waals surface area contributed by atoms with Gasteiger partial charge in [-0.15, -0.1) is 0 Å². The Labute approximate surface area is 159 Å². The van der Waals surface area contributed by atoms with Crippen LogP contribution in [-0.2, 0) is 11.2 Å². The first-order valence-corrected chi connectivity index (χ1v) is 9.06. The van der Waals surface area contributed by atoms with Gasteiger partial charge in [0.2, 0.25) is 0 Å². The lowest BCUT2D eigenvalue weighted by Gasteiger charge is -2.20. The van der Waals surface area contributed by atoms with Gasteiger partial charge in [0, 0.05) is 24.7 Å². The van der Waals surface area contributed by atoms with Crippen LogP contribution in [0.5, 0.6) is 11.5 Å². The Morgan fingerprint density at radius 2 is 2.11 bits per heavy atom. The molecule has 0 radical (unpaired) electrons. The minimum Gasteiger partial charge on any atom is -0.494 e. The first-order valence-electron chi connectivity index (χ1n) is 9.06. The number of hydrogen-bond acceptors (Lipinski definition) is 4. The van der Waals surface area contributed by atoms with Gasteiger partial charge in [0.1, 0.15) is 11.5 Å². The van der Waals surface area contributed by atoms with Crippen LogP contribution in [0.3, 0.4) is 0 Å². The van der Waals surface area contributed by atoms with Gasteiger partial charge in [-0.25, -0.2) is 0 Å². The van der Waals surface area contributed by atoms with E-state index in [1.165, 1.54) is 0 Å². The molecule has 0 spiro atoms. The van der Waals surface area contributed by atoms with Gasteiger partial charge in [-0.1, -0.05) is 6.07 Å². The first kappa shape index (κ1) is 18.5. The topological polar surface area (TPSA) is 62.6 Å². The van der Waals surface area contributed by atoms with Crippen LogP contribution in [-0.4, -0.2) is 25.7 Å². The van der Waals surface area contributed by atoms with Crippen LogP contribution < -0.4 is 14.4 Å². The fraction of sp³-hybridized carbons (Fsp3) is 0.273. The highest BCUT2D eigenvalue weighted by molar-refractivity contribution is 6.03. The van der Waals surface area contributed by atoms with E-state index >= 15 is 0 Å². The SMILES string of the molecule is CCOc1ccc(N(CCC#N)C(=O)/C=C/c2ccc3c(c2)CCO3)cc1. The summed E-state index contributed by atoms with van der Waals surface area (Å²) in [6, 6.07) is 15.3. The second-order valence-electron chi connectivity index (χ2n) is 6.12. The van der Waals surface area contributed by atoms with Gasteiger partial charge < -0.3 is 14.4 Å². The molecule has 5 nitrogen and oxygen atoms in total. The largest absolute Gasteiger partial charge is 0.494 e. The fourth-order valence-corrected chi connectivity index (χ4v) is 2.98. The third-order valence-electron chi connectivity index (χ3n) is 4.30. The number of benzene rings is 2. The Morgan fingerprint density at radius 1 is 1.30 bits per heavy atom. The number of amides is 1. The maximum absolute atomic E-state index is 12.7. The van der Waals surface area contributed by atoms with Crippen molar-refractivity contribution >= 4 is 17.7 Å². The number of ether oxygens (including phenoxy) is 2. The summed E-state index contributed by atoms with van der Waals surface area (Å²) in [5, 5.41) is 8.92. The zero-order valence-corrected chi connectivity index (χ0v) is 15.4. The fourth-order valence-electron chi connectivity index (χ4n) is 2.98. The quantitative estimate of drug-likeness (QED) is 0.699. The molecule has 1 amide bonds. The number of nitrogens with zero attached hydrogens (tertiary/aromatic N) is 2. The summed E-state index contributed by atoms with van der Waals surface area (Å²) >= 11 is 0. The van der Waals surface area contributed by atoms with Gasteiger partial charge in [0.25, 0.3) is 5.91 Å². The van der Waals surface area contributed by atoms with Crippen molar-refractivity contribution in [1.29, 1.82) is 5.26 Å². The number of carbonyl (C=O) groups excluding carboxylic acids is 1. The Bertz CT molecular complexity index is 866. The summed E-state index contributed by atoms with van der Waals surface area (Å²) in [6.07, 6.45) is 4.51. The molecule has 1 aliphatic rings. The molecule has 0 saturated heterocycles. The predicted molar refractivity (Wildman–Crippen MR) is 105 cm³/mol. The Morgan fingerprint density at radius 3 is 2.85 bits per heavy atom. The molecule has 0 aromatic heterocycles. The minimum absolute atomic E-state index is 0.161. The van der Waals surface area contributed by atoms with Gasteiger partial charge in [-0.05, 0) is 60.5 Å². The van der Waals surface area contributed by atoms with Gasteiger partial charge >= 0.3 is 0 Å². The molecule has 1 heterocycles. The predicted octanol–water partition coefficient (Wildman–Crippen LogP) is 3.98. The molecule has 0 atom stereocenters. The third kappa shape index (κ3) is 4.68. The van der Waals surface area contributed by atoms with E-state index in [0.29, 0.717) is 19.8 Å². The van der Waals surface area contributed by atoms with E-state index in [-0.39, 0.29) is 12.3 Å². The molecule has 2 aromatic carbocycles. The Balaban J connectivity index is 1.75. The number of nitriles is 1. The van der Waals surface area contributed by atoms with Crippen LogP contribution in [0.1, 0.15) is 24.5 Å². The lowest BCUT2D eigenvalue weighted by molar-refractivity contribution is -0.114. The summed E-state index contributed by atoms with van der Waals surface area (Å²) in [7, 11) is 0. The summed E-state index contributed by atoms with van der Waals surface area (Å²) in [4.78, 5) is 14.3. The van der Waals surface area contributed by atoms with Crippen LogP contribution >= 0.6 is 0 Å². The van der Waals surface area contributed by atoms with Crippen molar-refractivity contribution in [2.45, 2.75) is 19.8 Å². The lowest BCUT2D eigenvalue weighted by Crippen LogP contribution is -2.30. The highest BCUT2D eigenvalue weighted by atomic mass is 16.5. The van der Waals surface area contributed by atoms with Crippen molar-refractivity contribution < 1.29 is 14.3 Å². The van der Waals surface area contributed by atoms with E-state index in [1.54, 1.807) is 17.1 Å². The monoisotopic (exact) mass is 362 g/mol. The lowest BCUT2D eigenvalue weighted by atomic mass is 10.1. The van der Waals surface area contributed by atoms with Crippen molar-refractivity contribution in [1.82, 2.24) is 0 Å². The third-order valence-corrected chi connectivity index (χ3v) is 4.30. The molecule has 0 unspecified atom stereocenters. The van der Waals surface area contributed by atoms with Gasteiger partial charge in [-0.2, -0.15) is 5.26 Å². The standard InChI is InChI=1S/C22H22N2O3/c1-2-26-20-8-6-19(7-9-20)24(14-3-13-23)22(25)11-5-17-4-10-21-18(16-17)12-15-27-21/h4-11,16H,2-3,12,14-15H2,1H3/b11-5+. The van der Waals surface area contributed by atoms with Gasteiger partial charge in [0.05, 0.1) is 25.7 Å². The zero-order chi connectivity index (χ0) is 19.1. The van der Waals surface area contributed by atoms with E-state index < -0.39 is 0 Å². The molecule has 138 valence electrons. The number of hydrogen-bond donors (Lipinski definition) is 0. The Hall–Kier alpha value is -3.26. The highest BCUT2D eigenvalue weighted by Gasteiger charge is 2.14. The number of fused-ring (bicyclic) bond motifs is 1. The molecule has 2 aromatic rings. The van der Waals surface area contributed by atoms with Crippen LogP contribution in [0.25, 0.3) is 6.08 Å². The van der Waals surface area contributed by atoms with Crippen molar-refractivity contribution in [3.05, 3.63) is 59.7 Å². The normalized spacial score (nSPS) is 12.3. The van der Waals surface area contributed by atoms with E-state index in [9.17, 15) is 4.79 Å². The molecular formula is C22H22N2O3. The smallest absolute Gasteiger partial charge is 0.251 e. The zero-order valence-electron chi connectivity index (χ0n) is 15.4. The van der Waals surface area contributed by atoms with Crippen LogP contribution in [0.15, 0.2) is 48.5 Å². The van der Waals surface area contributed by atoms with Crippen LogP contribution in [0.4, 0.5) is 5.69 Å². The second-order valence-corrected chi connectivity index (χ2v) is 6.12. The molecule has 5 heteroatoms. The Kier molecular flexibility index (Phi) is 6.11. The molecule has 27 heavy (non-hydrogen) atoms. The maximum atomic E-state index is 12.7. The van der Waals surface area contributed by atoms with Crippen molar-refractivity contribution in [2.24, 2.45) is 0 Å². The molecule has 0 aliphatic carbocycles. The summed E-state index contributed by atoms with van der Waals surface area (Å²) < 4.78 is 11.0. The average molecular weight is 362 g/mol. The highest BCUT2D eigenvalue weighted by Crippen LogP contribution is 2.26. The maximum Gasteiger partial charge on any atom is 0.251 e. The molecule has 3 rings (SSSR count).